The first-order valence-electron chi connectivity index (χ1n) is 18.2. The smallest absolute Gasteiger partial charge is 0.407 e. The van der Waals surface area contributed by atoms with Gasteiger partial charge in [-0.15, -0.1) is 0 Å². The molecule has 0 saturated carbocycles. The zero-order valence-corrected chi connectivity index (χ0v) is 35.1. The maximum Gasteiger partial charge on any atom is 0.407 e. The molecular formula is C38H55N7O7SSi. The van der Waals surface area contributed by atoms with E-state index in [1.807, 2.05) is 37.4 Å². The second-order valence-corrected chi connectivity index (χ2v) is 23.4. The van der Waals surface area contributed by atoms with Crippen LogP contribution in [-0.2, 0) is 19.2 Å². The molecule has 1 aliphatic heterocycles. The molecule has 1 fully saturated rings. The molecule has 1 aliphatic rings. The van der Waals surface area contributed by atoms with Crippen LogP contribution in [0.4, 0.5) is 10.6 Å². The third kappa shape index (κ3) is 9.21. The fourth-order valence-corrected chi connectivity index (χ4v) is 8.36. The van der Waals surface area contributed by atoms with E-state index in [9.17, 15) is 18.3 Å². The lowest BCUT2D eigenvalue weighted by molar-refractivity contribution is -0.0300. The van der Waals surface area contributed by atoms with Gasteiger partial charge < -0.3 is 28.8 Å². The quantitative estimate of drug-likeness (QED) is 0.150. The van der Waals surface area contributed by atoms with E-state index >= 15 is 0 Å². The van der Waals surface area contributed by atoms with Crippen LogP contribution in [0, 0.1) is 5.41 Å². The van der Waals surface area contributed by atoms with E-state index in [0.717, 1.165) is 23.1 Å². The molecule has 0 aliphatic carbocycles. The number of benzene rings is 1. The van der Waals surface area contributed by atoms with E-state index < -0.39 is 42.1 Å². The SMILES string of the molecule is CN(CC(O[Si](C)(C)C(C)(C)C)C(Oc1cccc(-c2nc(-c3cn(S(C)(=O)=O)c4ncncc34)cc(N(C)C3CCOCC3)n2)c1)C(C)(C)C)C(=O)O. The second kappa shape index (κ2) is 15.6. The van der Waals surface area contributed by atoms with Gasteiger partial charge in [0.05, 0.1) is 18.5 Å². The number of anilines is 1. The Kier molecular flexibility index (Phi) is 11.8. The summed E-state index contributed by atoms with van der Waals surface area (Å²) in [5.41, 5.74) is 1.54. The van der Waals surface area contributed by atoms with E-state index in [0.29, 0.717) is 52.8 Å². The lowest BCUT2D eigenvalue weighted by Crippen LogP contribution is -2.55. The predicted octanol–water partition coefficient (Wildman–Crippen LogP) is 6.77. The van der Waals surface area contributed by atoms with Gasteiger partial charge in [-0.1, -0.05) is 53.7 Å². The van der Waals surface area contributed by atoms with Crippen molar-refractivity contribution in [2.45, 2.75) is 90.8 Å². The molecule has 294 valence electrons. The normalized spacial score (nSPS) is 15.9. The average Bonchev–Trinajstić information content (AvgIpc) is 3.50. The molecule has 2 atom stereocenters. The standard InChI is InChI=1S/C38H55N7O7SSi/c1-37(2,3)33(31(23-43(7)36(46)47)52-54(10,11)38(4,5)6)51-27-14-12-13-25(19-27)34-41-30(20-32(42-34)44(8)26-15-17-50-18-16-26)29-22-45(53(9,48)49)35-28(29)21-39-24-40-35/h12-14,19-22,24,26,31,33H,15-18,23H2,1-11H3,(H,46,47). The number of nitrogens with zero attached hydrogens (tertiary/aromatic N) is 7. The van der Waals surface area contributed by atoms with Crippen LogP contribution >= 0.6 is 0 Å². The Bertz CT molecular complexity index is 2070. The van der Waals surface area contributed by atoms with E-state index in [-0.39, 0.29) is 23.3 Å². The molecule has 3 aromatic heterocycles. The molecule has 4 heterocycles. The summed E-state index contributed by atoms with van der Waals surface area (Å²) >= 11 is 0. The number of carboxylic acid groups (broad SMARTS) is 1. The summed E-state index contributed by atoms with van der Waals surface area (Å²) in [6.07, 6.45) is 5.10. The highest BCUT2D eigenvalue weighted by atomic mass is 32.2. The van der Waals surface area contributed by atoms with E-state index in [1.165, 1.54) is 17.4 Å². The number of hydrogen-bond acceptors (Lipinski definition) is 11. The summed E-state index contributed by atoms with van der Waals surface area (Å²) < 4.78 is 46.2. The number of rotatable bonds is 12. The molecule has 2 unspecified atom stereocenters. The molecule has 1 aromatic carbocycles. The fraction of sp³-hybridized carbons (Fsp3) is 0.553. The van der Waals surface area contributed by atoms with Crippen LogP contribution in [0.15, 0.2) is 49.1 Å². The van der Waals surface area contributed by atoms with Crippen molar-refractivity contribution >= 4 is 41.3 Å². The van der Waals surface area contributed by atoms with Gasteiger partial charge in [0.1, 0.15) is 30.1 Å². The van der Waals surface area contributed by atoms with Gasteiger partial charge in [0.2, 0.25) is 10.0 Å². The number of likely N-dealkylation sites (N-methyl/N-ethyl adjacent to an activating group) is 1. The van der Waals surface area contributed by atoms with Gasteiger partial charge in [-0.25, -0.2) is 37.1 Å². The maximum absolute atomic E-state index is 12.8. The van der Waals surface area contributed by atoms with Crippen LogP contribution in [0.1, 0.15) is 54.4 Å². The van der Waals surface area contributed by atoms with Crippen molar-refractivity contribution in [3.8, 4) is 28.4 Å². The van der Waals surface area contributed by atoms with Gasteiger partial charge in [0.25, 0.3) is 0 Å². The molecule has 1 amide bonds. The van der Waals surface area contributed by atoms with Crippen LogP contribution in [-0.4, -0.2) is 115 Å². The summed E-state index contributed by atoms with van der Waals surface area (Å²) in [6.45, 7) is 18.4. The Balaban J connectivity index is 1.61. The molecule has 0 spiro atoms. The van der Waals surface area contributed by atoms with Crippen molar-refractivity contribution < 1.29 is 32.2 Å². The monoisotopic (exact) mass is 781 g/mol. The third-order valence-corrected chi connectivity index (χ3v) is 16.0. The molecule has 14 nitrogen and oxygen atoms in total. The Morgan fingerprint density at radius 3 is 2.39 bits per heavy atom. The van der Waals surface area contributed by atoms with Crippen molar-refractivity contribution in [1.82, 2.24) is 28.8 Å². The van der Waals surface area contributed by atoms with Gasteiger partial charge in [-0.05, 0) is 43.1 Å². The summed E-state index contributed by atoms with van der Waals surface area (Å²) in [7, 11) is -2.52. The van der Waals surface area contributed by atoms with Crippen LogP contribution in [0.3, 0.4) is 0 Å². The minimum Gasteiger partial charge on any atom is -0.487 e. The minimum absolute atomic E-state index is 0.118. The highest BCUT2D eigenvalue weighted by Gasteiger charge is 2.44. The van der Waals surface area contributed by atoms with Crippen molar-refractivity contribution in [1.29, 1.82) is 0 Å². The molecule has 1 N–H and O–H groups in total. The number of ether oxygens (including phenoxy) is 2. The number of fused-ring (bicyclic) bond motifs is 1. The second-order valence-electron chi connectivity index (χ2n) is 16.8. The van der Waals surface area contributed by atoms with Crippen molar-refractivity contribution in [2.24, 2.45) is 5.41 Å². The van der Waals surface area contributed by atoms with Crippen LogP contribution < -0.4 is 9.64 Å². The van der Waals surface area contributed by atoms with Gasteiger partial charge in [0, 0.05) is 73.7 Å². The Hall–Kier alpha value is -4.12. The van der Waals surface area contributed by atoms with Gasteiger partial charge in [-0.2, -0.15) is 0 Å². The molecular weight excluding hydrogens is 727 g/mol. The van der Waals surface area contributed by atoms with E-state index in [4.69, 9.17) is 23.9 Å². The number of carbonyl (C=O) groups is 1. The highest BCUT2D eigenvalue weighted by molar-refractivity contribution is 7.89. The van der Waals surface area contributed by atoms with Crippen molar-refractivity contribution in [3.63, 3.8) is 0 Å². The largest absolute Gasteiger partial charge is 0.487 e. The topological polar surface area (TPSA) is 162 Å². The molecule has 0 bridgehead atoms. The summed E-state index contributed by atoms with van der Waals surface area (Å²) in [4.78, 5) is 34.0. The Morgan fingerprint density at radius 2 is 1.78 bits per heavy atom. The average molecular weight is 782 g/mol. The number of amides is 1. The molecule has 4 aromatic rings. The van der Waals surface area contributed by atoms with Crippen LogP contribution in [0.5, 0.6) is 5.75 Å². The summed E-state index contributed by atoms with van der Waals surface area (Å²) in [5, 5.41) is 10.3. The van der Waals surface area contributed by atoms with Gasteiger partial charge in [0.15, 0.2) is 19.8 Å². The fourth-order valence-electron chi connectivity index (χ4n) is 6.30. The zero-order valence-electron chi connectivity index (χ0n) is 33.3. The lowest BCUT2D eigenvalue weighted by atomic mass is 9.85. The first-order valence-corrected chi connectivity index (χ1v) is 22.9. The molecule has 5 rings (SSSR count). The van der Waals surface area contributed by atoms with E-state index in [1.54, 1.807) is 13.2 Å². The summed E-state index contributed by atoms with van der Waals surface area (Å²) in [6, 6.07) is 9.57. The maximum atomic E-state index is 12.8. The van der Waals surface area contributed by atoms with Gasteiger partial charge in [-0.3, -0.25) is 0 Å². The van der Waals surface area contributed by atoms with Crippen molar-refractivity contribution in [2.75, 3.05) is 45.0 Å². The minimum atomic E-state index is -3.69. The molecule has 54 heavy (non-hydrogen) atoms. The van der Waals surface area contributed by atoms with Crippen molar-refractivity contribution in [3.05, 3.63) is 49.1 Å². The first kappa shape index (κ1) is 41.0. The predicted molar refractivity (Wildman–Crippen MR) is 213 cm³/mol. The van der Waals surface area contributed by atoms with Crippen LogP contribution in [0.25, 0.3) is 33.7 Å². The lowest BCUT2D eigenvalue weighted by Gasteiger charge is -2.45. The Labute approximate surface area is 320 Å². The number of aromatic nitrogens is 5. The zero-order chi connectivity index (χ0) is 39.8. The van der Waals surface area contributed by atoms with Gasteiger partial charge >= 0.3 is 6.09 Å². The highest BCUT2D eigenvalue weighted by Crippen LogP contribution is 2.40. The summed E-state index contributed by atoms with van der Waals surface area (Å²) in [5.74, 6) is 1.62. The molecule has 0 radical (unpaired) electrons. The first-order chi connectivity index (χ1) is 25.1. The van der Waals surface area contributed by atoms with E-state index in [2.05, 4.69) is 69.5 Å². The molecule has 1 saturated heterocycles. The third-order valence-electron chi connectivity index (χ3n) is 10.5. The Morgan fingerprint density at radius 1 is 1.09 bits per heavy atom. The molecule has 16 heteroatoms. The van der Waals surface area contributed by atoms with Crippen LogP contribution in [0.2, 0.25) is 18.1 Å². The number of hydrogen-bond donors (Lipinski definition) is 1.